The van der Waals surface area contributed by atoms with Gasteiger partial charge in [-0.25, -0.2) is 48.7 Å². The van der Waals surface area contributed by atoms with E-state index in [1.165, 1.54) is 58.7 Å². The van der Waals surface area contributed by atoms with Gasteiger partial charge in [-0.1, -0.05) is 74.0 Å². The van der Waals surface area contributed by atoms with Crippen LogP contribution in [0.4, 0.5) is 14.6 Å². The number of anilines is 1. The van der Waals surface area contributed by atoms with Crippen molar-refractivity contribution in [3.63, 3.8) is 0 Å². The minimum Gasteiger partial charge on any atom is -0.359 e. The third-order valence-corrected chi connectivity index (χ3v) is 10.7. The molecule has 0 saturated carbocycles. The molecule has 0 spiro atoms. The average molecular weight is 923 g/mol. The first-order valence-corrected chi connectivity index (χ1v) is 21.0. The predicted molar refractivity (Wildman–Crippen MR) is 249 cm³/mol. The van der Waals surface area contributed by atoms with Crippen LogP contribution < -0.4 is 33.3 Å². The summed E-state index contributed by atoms with van der Waals surface area (Å²) < 4.78 is 31.5. The first-order chi connectivity index (χ1) is 32.5. The van der Waals surface area contributed by atoms with Gasteiger partial charge in [0.25, 0.3) is 22.2 Å². The van der Waals surface area contributed by atoms with Crippen molar-refractivity contribution in [2.45, 2.75) is 38.8 Å². The Morgan fingerprint density at radius 3 is 1.61 bits per heavy atom. The van der Waals surface area contributed by atoms with Crippen molar-refractivity contribution in [2.75, 3.05) is 5.32 Å². The monoisotopic (exact) mass is 922 g/mol. The van der Waals surface area contributed by atoms with E-state index in [4.69, 9.17) is 17.3 Å². The number of hydrogen-bond acceptors (Lipinski definition) is 14. The zero-order valence-corrected chi connectivity index (χ0v) is 36.2. The Labute approximate surface area is 381 Å². The van der Waals surface area contributed by atoms with Gasteiger partial charge in [0.05, 0.1) is 47.1 Å². The Kier molecular flexibility index (Phi) is 13.3. The second-order valence-corrected chi connectivity index (χ2v) is 14.9. The zero-order valence-electron chi connectivity index (χ0n) is 35.4. The van der Waals surface area contributed by atoms with Gasteiger partial charge in [-0.3, -0.25) is 28.3 Å². The second-order valence-electron chi connectivity index (χ2n) is 14.5. The van der Waals surface area contributed by atoms with E-state index in [1.807, 2.05) is 38.1 Å². The molecule has 0 fully saturated rings. The quantitative estimate of drug-likeness (QED) is 0.120. The van der Waals surface area contributed by atoms with Crippen LogP contribution in [0, 0.1) is 11.6 Å². The summed E-state index contributed by atoms with van der Waals surface area (Å²) in [5.41, 5.74) is 6.72. The van der Waals surface area contributed by atoms with Crippen LogP contribution in [-0.4, -0.2) is 59.0 Å². The number of aromatic nitrogens is 12. The molecule has 0 radical (unpaired) electrons. The molecule has 0 aliphatic carbocycles. The predicted octanol–water partition coefficient (Wildman–Crippen LogP) is 6.42. The van der Waals surface area contributed by atoms with Crippen LogP contribution in [-0.2, 0) is 0 Å². The molecule has 6 aromatic heterocycles. The van der Waals surface area contributed by atoms with Gasteiger partial charge in [0.2, 0.25) is 0 Å². The average Bonchev–Trinajstić information content (AvgIpc) is 3.34. The van der Waals surface area contributed by atoms with E-state index < -0.39 is 40.4 Å². The second kappa shape index (κ2) is 19.7. The van der Waals surface area contributed by atoms with Gasteiger partial charge < -0.3 is 21.0 Å². The lowest BCUT2D eigenvalue weighted by Gasteiger charge is -2.22. The van der Waals surface area contributed by atoms with E-state index in [9.17, 15) is 28.0 Å². The third-order valence-electron chi connectivity index (χ3n) is 10.4. The number of H-pyrrole nitrogens is 2. The van der Waals surface area contributed by atoms with Crippen molar-refractivity contribution >= 4 is 61.3 Å². The first-order valence-electron chi connectivity index (χ1n) is 20.6. The molecule has 0 amide bonds. The number of halogens is 3. The fourth-order valence-electron chi connectivity index (χ4n) is 7.14. The zero-order chi connectivity index (χ0) is 47.2. The minimum absolute atomic E-state index is 0.0154. The Balaban J connectivity index is 0.000000153. The summed E-state index contributed by atoms with van der Waals surface area (Å²) in [6, 6.07) is 25.8. The summed E-state index contributed by atoms with van der Waals surface area (Å²) in [7, 11) is 0. The molecule has 0 aliphatic rings. The van der Waals surface area contributed by atoms with Gasteiger partial charge in [0.1, 0.15) is 68.5 Å². The van der Waals surface area contributed by atoms with Crippen LogP contribution >= 0.6 is 11.6 Å². The molecule has 10 rings (SSSR count). The number of benzene rings is 4. The Morgan fingerprint density at radius 2 is 1.09 bits per heavy atom. The van der Waals surface area contributed by atoms with Crippen molar-refractivity contribution in [3.05, 3.63) is 192 Å². The van der Waals surface area contributed by atoms with Crippen molar-refractivity contribution in [3.8, 4) is 11.4 Å². The molecule has 5 N–H and O–H groups in total. The van der Waals surface area contributed by atoms with Gasteiger partial charge in [-0.05, 0) is 61.4 Å². The van der Waals surface area contributed by atoms with Crippen LogP contribution in [0.25, 0.3) is 55.2 Å². The van der Waals surface area contributed by atoms with Gasteiger partial charge >= 0.3 is 0 Å². The fraction of sp³-hybridized carbons (Fsp3) is 0.130. The third kappa shape index (κ3) is 9.10. The first kappa shape index (κ1) is 45.1. The SMILES string of the molecule is CC[C@H](N)c1nc2cccc(F)c2c(=O)n1-c1ccccc1.CC[C@H](Nc1ncnc2nc[nH]c(=O)c12)c1nc2cccc(F)c2c(=O)n1-c1ccccc1.O=c1[nH]cnc2ncnc(Cl)c12. The van der Waals surface area contributed by atoms with Gasteiger partial charge in [0.15, 0.2) is 11.3 Å². The Hall–Kier alpha value is -8.49. The lowest BCUT2D eigenvalue weighted by molar-refractivity contribution is 0.614. The number of fused-ring (bicyclic) bond motifs is 4. The molecule has 0 saturated heterocycles. The summed E-state index contributed by atoms with van der Waals surface area (Å²) in [6.07, 6.45) is 6.22. The van der Waals surface area contributed by atoms with E-state index in [0.29, 0.717) is 47.0 Å². The molecule has 0 bridgehead atoms. The number of para-hydroxylation sites is 2. The summed E-state index contributed by atoms with van der Waals surface area (Å²) in [5, 5.41) is 3.65. The lowest BCUT2D eigenvalue weighted by Crippen LogP contribution is -2.29. The van der Waals surface area contributed by atoms with Crippen LogP contribution in [0.2, 0.25) is 5.15 Å². The molecule has 0 aliphatic heterocycles. The van der Waals surface area contributed by atoms with E-state index in [-0.39, 0.29) is 49.2 Å². The van der Waals surface area contributed by atoms with E-state index in [0.717, 1.165) is 0 Å². The molecular weight excluding hydrogens is 886 g/mol. The Bertz CT molecular complexity index is 3660. The summed E-state index contributed by atoms with van der Waals surface area (Å²) >= 11 is 5.65. The van der Waals surface area contributed by atoms with E-state index in [2.05, 4.69) is 55.2 Å². The maximum Gasteiger partial charge on any atom is 0.269 e. The molecule has 336 valence electrons. The highest BCUT2D eigenvalue weighted by Gasteiger charge is 2.24. The van der Waals surface area contributed by atoms with Gasteiger partial charge in [0, 0.05) is 0 Å². The molecule has 18 nitrogen and oxygen atoms in total. The van der Waals surface area contributed by atoms with Crippen molar-refractivity contribution < 1.29 is 8.78 Å². The van der Waals surface area contributed by atoms with Crippen LogP contribution in [0.3, 0.4) is 0 Å². The summed E-state index contributed by atoms with van der Waals surface area (Å²) in [4.78, 5) is 87.5. The molecule has 21 heteroatoms. The standard InChI is InChI=1S/C23H18FN7O2.C17H16FN3O.C6H3ClN4O/c1-2-15(29-20-18-19(25-11-27-20)26-12-28-22(18)32)21-30-16-10-6-9-14(24)17(16)23(33)31(21)13-7-4-3-5-8-13;1-2-13(19)16-20-14-10-6-9-12(18)15(14)17(22)21(16)11-7-4-3-5-8-11;7-4-3-5(9-1-8-4)10-2-11-6(3)12/h3-12,15H,2H2,1H3,(H2,25,26,27,28,29,32);3-10,13H,2,19H2,1H3;1-2H,(H,8,9,10,11,12)/t15-;13-;/m00./s1. The molecular formula is C46H37ClF2N14O4. The number of nitrogens with zero attached hydrogens (tertiary/aromatic N) is 10. The van der Waals surface area contributed by atoms with Crippen LogP contribution in [0.5, 0.6) is 0 Å². The maximum atomic E-state index is 14.6. The lowest BCUT2D eigenvalue weighted by atomic mass is 10.1. The van der Waals surface area contributed by atoms with Crippen molar-refractivity contribution in [1.82, 2.24) is 59.0 Å². The number of hydrogen-bond donors (Lipinski definition) is 4. The van der Waals surface area contributed by atoms with Crippen LogP contribution in [0.15, 0.2) is 142 Å². The Morgan fingerprint density at radius 1 is 0.597 bits per heavy atom. The highest BCUT2D eigenvalue weighted by Crippen LogP contribution is 2.26. The van der Waals surface area contributed by atoms with Crippen molar-refractivity contribution in [1.29, 1.82) is 0 Å². The highest BCUT2D eigenvalue weighted by atomic mass is 35.5. The fourth-order valence-corrected chi connectivity index (χ4v) is 7.35. The summed E-state index contributed by atoms with van der Waals surface area (Å²) in [6.45, 7) is 3.82. The van der Waals surface area contributed by atoms with Crippen LogP contribution in [0.1, 0.15) is 50.4 Å². The number of nitrogens with one attached hydrogen (secondary N) is 3. The van der Waals surface area contributed by atoms with Gasteiger partial charge in [-0.15, -0.1) is 0 Å². The highest BCUT2D eigenvalue weighted by molar-refractivity contribution is 6.33. The molecule has 0 unspecified atom stereocenters. The van der Waals surface area contributed by atoms with Crippen molar-refractivity contribution in [2.24, 2.45) is 5.73 Å². The molecule has 2 atom stereocenters. The molecule has 4 aromatic carbocycles. The molecule has 6 heterocycles. The topological polar surface area (TPSA) is 251 Å². The largest absolute Gasteiger partial charge is 0.359 e. The minimum atomic E-state index is -0.637. The van der Waals surface area contributed by atoms with E-state index in [1.54, 1.807) is 48.5 Å². The maximum absolute atomic E-state index is 14.6. The number of rotatable bonds is 8. The number of nitrogens with two attached hydrogens (primary N) is 1. The molecule has 67 heavy (non-hydrogen) atoms. The normalized spacial score (nSPS) is 12.0. The molecule has 10 aromatic rings. The number of aromatic amines is 2. The smallest absolute Gasteiger partial charge is 0.269 e. The summed E-state index contributed by atoms with van der Waals surface area (Å²) in [5.74, 6) is -0.150. The van der Waals surface area contributed by atoms with Gasteiger partial charge in [-0.2, -0.15) is 0 Å². The van der Waals surface area contributed by atoms with E-state index >= 15 is 0 Å².